The zero-order valence-corrected chi connectivity index (χ0v) is 11.6. The SMILES string of the molecule is CN1CCC=C2C=C(C#N)C3(CNc4ccccc43)C21. The van der Waals surface area contributed by atoms with Gasteiger partial charge in [-0.2, -0.15) is 5.26 Å². The molecule has 1 N–H and O–H groups in total. The Balaban J connectivity index is 1.97. The molecule has 2 heterocycles. The molecule has 1 aliphatic carbocycles. The van der Waals surface area contributed by atoms with E-state index in [1.807, 2.05) is 0 Å². The third-order valence-electron chi connectivity index (χ3n) is 4.96. The number of hydrogen-bond acceptors (Lipinski definition) is 3. The Hall–Kier alpha value is -2.05. The number of anilines is 1. The fraction of sp³-hybridized carbons (Fsp3) is 0.353. The molecule has 2 atom stereocenters. The van der Waals surface area contributed by atoms with Gasteiger partial charge in [-0.25, -0.2) is 0 Å². The zero-order valence-electron chi connectivity index (χ0n) is 11.6. The van der Waals surface area contributed by atoms with Gasteiger partial charge < -0.3 is 5.32 Å². The van der Waals surface area contributed by atoms with Gasteiger partial charge in [-0.15, -0.1) is 0 Å². The van der Waals surface area contributed by atoms with Crippen LogP contribution in [0, 0.1) is 11.3 Å². The van der Waals surface area contributed by atoms with Crippen LogP contribution in [0.4, 0.5) is 5.69 Å². The number of nitrogens with zero attached hydrogens (tertiary/aromatic N) is 2. The highest BCUT2D eigenvalue weighted by atomic mass is 15.2. The van der Waals surface area contributed by atoms with E-state index in [0.29, 0.717) is 6.04 Å². The Kier molecular flexibility index (Phi) is 2.33. The monoisotopic (exact) mass is 263 g/mol. The van der Waals surface area contributed by atoms with Gasteiger partial charge in [0, 0.05) is 24.4 Å². The van der Waals surface area contributed by atoms with E-state index in [0.717, 1.165) is 25.1 Å². The van der Waals surface area contributed by atoms with Crippen LogP contribution < -0.4 is 5.32 Å². The predicted molar refractivity (Wildman–Crippen MR) is 79.4 cm³/mol. The average molecular weight is 263 g/mol. The third kappa shape index (κ3) is 1.27. The summed E-state index contributed by atoms with van der Waals surface area (Å²) < 4.78 is 0. The molecule has 1 aromatic rings. The molecule has 2 unspecified atom stereocenters. The molecule has 0 saturated heterocycles. The topological polar surface area (TPSA) is 39.1 Å². The lowest BCUT2D eigenvalue weighted by Gasteiger charge is -2.41. The minimum Gasteiger partial charge on any atom is -0.383 e. The van der Waals surface area contributed by atoms with Crippen LogP contribution in [-0.2, 0) is 5.41 Å². The van der Waals surface area contributed by atoms with Crippen LogP contribution >= 0.6 is 0 Å². The summed E-state index contributed by atoms with van der Waals surface area (Å²) in [4.78, 5) is 2.40. The summed E-state index contributed by atoms with van der Waals surface area (Å²) in [6.07, 6.45) is 5.49. The molecule has 4 rings (SSSR count). The number of nitriles is 1. The lowest BCUT2D eigenvalue weighted by Crippen LogP contribution is -2.51. The van der Waals surface area contributed by atoms with Gasteiger partial charge in [-0.1, -0.05) is 24.3 Å². The number of nitrogens with one attached hydrogen (secondary N) is 1. The van der Waals surface area contributed by atoms with E-state index in [1.54, 1.807) is 0 Å². The van der Waals surface area contributed by atoms with E-state index >= 15 is 0 Å². The van der Waals surface area contributed by atoms with E-state index in [-0.39, 0.29) is 5.41 Å². The van der Waals surface area contributed by atoms with Crippen LogP contribution in [0.15, 0.2) is 47.6 Å². The first-order chi connectivity index (χ1) is 9.77. The standard InChI is InChI=1S/C17H17N3/c1-20-8-4-5-12-9-13(10-18)17(16(12)20)11-19-15-7-3-2-6-14(15)17/h2-3,5-7,9,16,19H,4,8,11H2,1H3. The van der Waals surface area contributed by atoms with Crippen molar-refractivity contribution in [1.29, 1.82) is 5.26 Å². The van der Waals surface area contributed by atoms with Gasteiger partial charge in [0.15, 0.2) is 0 Å². The van der Waals surface area contributed by atoms with Gasteiger partial charge in [-0.05, 0) is 36.7 Å². The Labute approximate surface area is 119 Å². The third-order valence-corrected chi connectivity index (χ3v) is 4.96. The molecule has 3 aliphatic rings. The van der Waals surface area contributed by atoms with E-state index in [9.17, 15) is 5.26 Å². The second-order valence-electron chi connectivity index (χ2n) is 5.92. The van der Waals surface area contributed by atoms with Gasteiger partial charge in [-0.3, -0.25) is 4.90 Å². The van der Waals surface area contributed by atoms with Gasteiger partial charge >= 0.3 is 0 Å². The maximum absolute atomic E-state index is 9.66. The highest BCUT2D eigenvalue weighted by Gasteiger charge is 2.54. The Morgan fingerprint density at radius 1 is 1.40 bits per heavy atom. The molecular formula is C17H17N3. The van der Waals surface area contributed by atoms with E-state index in [1.165, 1.54) is 16.8 Å². The lowest BCUT2D eigenvalue weighted by molar-refractivity contribution is 0.212. The van der Waals surface area contributed by atoms with Gasteiger partial charge in [0.2, 0.25) is 0 Å². The number of fused-ring (bicyclic) bond motifs is 4. The molecule has 1 aromatic carbocycles. The highest BCUT2D eigenvalue weighted by molar-refractivity contribution is 5.71. The fourth-order valence-electron chi connectivity index (χ4n) is 4.14. The van der Waals surface area contributed by atoms with Crippen LogP contribution in [0.25, 0.3) is 0 Å². The number of para-hydroxylation sites is 1. The predicted octanol–water partition coefficient (Wildman–Crippen LogP) is 2.44. The quantitative estimate of drug-likeness (QED) is 0.781. The van der Waals surface area contributed by atoms with E-state index in [2.05, 4.69) is 59.8 Å². The molecule has 0 amide bonds. The van der Waals surface area contributed by atoms with Crippen molar-refractivity contribution in [3.8, 4) is 6.07 Å². The van der Waals surface area contributed by atoms with Gasteiger partial charge in [0.25, 0.3) is 0 Å². The number of rotatable bonds is 0. The summed E-state index contributed by atoms with van der Waals surface area (Å²) in [5.74, 6) is 0. The van der Waals surface area contributed by atoms with Crippen molar-refractivity contribution >= 4 is 5.69 Å². The van der Waals surface area contributed by atoms with Crippen LogP contribution in [0.3, 0.4) is 0 Å². The molecule has 100 valence electrons. The number of benzene rings is 1. The summed E-state index contributed by atoms with van der Waals surface area (Å²) in [5, 5.41) is 13.2. The largest absolute Gasteiger partial charge is 0.383 e. The molecule has 0 aromatic heterocycles. The maximum Gasteiger partial charge on any atom is 0.0958 e. The minimum atomic E-state index is -0.202. The van der Waals surface area contributed by atoms with Crippen molar-refractivity contribution in [2.45, 2.75) is 17.9 Å². The van der Waals surface area contributed by atoms with Crippen LogP contribution in [-0.4, -0.2) is 31.1 Å². The minimum absolute atomic E-state index is 0.202. The summed E-state index contributed by atoms with van der Waals surface area (Å²) in [6, 6.07) is 11.2. The molecule has 0 fully saturated rings. The summed E-state index contributed by atoms with van der Waals surface area (Å²) in [6.45, 7) is 1.88. The smallest absolute Gasteiger partial charge is 0.0958 e. The molecule has 0 radical (unpaired) electrons. The number of likely N-dealkylation sites (N-methyl/N-ethyl adjacent to an activating group) is 1. The first-order valence-corrected chi connectivity index (χ1v) is 7.13. The Morgan fingerprint density at radius 3 is 3.10 bits per heavy atom. The molecule has 3 heteroatoms. The Morgan fingerprint density at radius 2 is 2.25 bits per heavy atom. The summed E-state index contributed by atoms with van der Waals surface area (Å²) in [7, 11) is 2.18. The van der Waals surface area contributed by atoms with Gasteiger partial charge in [0.05, 0.1) is 17.5 Å². The van der Waals surface area contributed by atoms with Gasteiger partial charge in [0.1, 0.15) is 0 Å². The second-order valence-corrected chi connectivity index (χ2v) is 5.92. The molecule has 3 nitrogen and oxygen atoms in total. The van der Waals surface area contributed by atoms with Crippen molar-refractivity contribution in [2.24, 2.45) is 0 Å². The molecule has 0 saturated carbocycles. The maximum atomic E-state index is 9.66. The summed E-state index contributed by atoms with van der Waals surface area (Å²) in [5.41, 5.74) is 4.46. The molecule has 2 aliphatic heterocycles. The van der Waals surface area contributed by atoms with Crippen molar-refractivity contribution in [1.82, 2.24) is 4.90 Å². The van der Waals surface area contributed by atoms with Crippen LogP contribution in [0.5, 0.6) is 0 Å². The van der Waals surface area contributed by atoms with E-state index < -0.39 is 0 Å². The molecule has 1 spiro atoms. The first-order valence-electron chi connectivity index (χ1n) is 7.13. The highest BCUT2D eigenvalue weighted by Crippen LogP contribution is 2.52. The average Bonchev–Trinajstić information content (AvgIpc) is 3.01. The van der Waals surface area contributed by atoms with Crippen molar-refractivity contribution in [2.75, 3.05) is 25.5 Å². The zero-order chi connectivity index (χ0) is 13.7. The number of hydrogen-bond donors (Lipinski definition) is 1. The van der Waals surface area contributed by atoms with Crippen molar-refractivity contribution in [3.63, 3.8) is 0 Å². The molecule has 0 bridgehead atoms. The molecule has 20 heavy (non-hydrogen) atoms. The summed E-state index contributed by atoms with van der Waals surface area (Å²) >= 11 is 0. The van der Waals surface area contributed by atoms with Crippen molar-refractivity contribution < 1.29 is 0 Å². The molecular weight excluding hydrogens is 246 g/mol. The second kappa shape index (κ2) is 3.97. The van der Waals surface area contributed by atoms with E-state index in [4.69, 9.17) is 0 Å². The first kappa shape index (κ1) is 11.7. The van der Waals surface area contributed by atoms with Crippen molar-refractivity contribution in [3.05, 3.63) is 53.1 Å². The van der Waals surface area contributed by atoms with Crippen LogP contribution in [0.2, 0.25) is 0 Å². The fourth-order valence-corrected chi connectivity index (χ4v) is 4.14. The lowest BCUT2D eigenvalue weighted by atomic mass is 9.72. The Bertz CT molecular complexity index is 680. The normalized spacial score (nSPS) is 31.1. The van der Waals surface area contributed by atoms with Crippen LogP contribution in [0.1, 0.15) is 12.0 Å².